The molecule has 0 aromatic carbocycles. The van der Waals surface area contributed by atoms with Gasteiger partial charge in [-0.25, -0.2) is 4.99 Å². The molecule has 0 N–H and O–H groups in total. The Balaban J connectivity index is 2.87. The van der Waals surface area contributed by atoms with Crippen molar-refractivity contribution in [2.24, 2.45) is 4.99 Å². The van der Waals surface area contributed by atoms with Crippen LogP contribution in [-0.2, 0) is 9.59 Å². The Morgan fingerprint density at radius 1 is 1.25 bits per heavy atom. The quantitative estimate of drug-likeness (QED) is 0.438. The monoisotopic (exact) mass is 160 g/mol. The lowest BCUT2D eigenvalue weighted by molar-refractivity contribution is -0.132. The van der Waals surface area contributed by atoms with Gasteiger partial charge in [0, 0.05) is 12.3 Å². The number of carbonyl (C=O) groups is 2. The molecule has 12 heavy (non-hydrogen) atoms. The highest BCUT2D eigenvalue weighted by Gasteiger charge is 2.12. The first-order valence-corrected chi connectivity index (χ1v) is 3.37. The number of pyridine rings is 1. The van der Waals surface area contributed by atoms with Crippen LogP contribution in [0.2, 0.25) is 0 Å². The van der Waals surface area contributed by atoms with E-state index in [-0.39, 0.29) is 0 Å². The van der Waals surface area contributed by atoms with Gasteiger partial charge in [-0.2, -0.15) is 0 Å². The van der Waals surface area contributed by atoms with Gasteiger partial charge in [0.1, 0.15) is 0 Å². The van der Waals surface area contributed by atoms with E-state index in [9.17, 15) is 9.59 Å². The normalized spacial score (nSPS) is 14.7. The van der Waals surface area contributed by atoms with E-state index >= 15 is 0 Å². The second-order valence-corrected chi connectivity index (χ2v) is 2.33. The van der Waals surface area contributed by atoms with Crippen LogP contribution in [0.3, 0.4) is 0 Å². The summed E-state index contributed by atoms with van der Waals surface area (Å²) in [5.41, 5.74) is 0. The zero-order chi connectivity index (χ0) is 8.55. The molecule has 0 saturated heterocycles. The van der Waals surface area contributed by atoms with Gasteiger partial charge in [0.25, 0.3) is 0 Å². The first-order chi connectivity index (χ1) is 5.77. The smallest absolute Gasteiger partial charge is 0.284 e. The van der Waals surface area contributed by atoms with Gasteiger partial charge in [0.05, 0.1) is 10.7 Å². The third kappa shape index (κ3) is 0.934. The number of ketones is 1. The third-order valence-electron chi connectivity index (χ3n) is 1.52. The van der Waals surface area contributed by atoms with Crippen molar-refractivity contribution in [3.8, 4) is 0 Å². The maximum atomic E-state index is 10.8. The Kier molecular flexibility index (Phi) is 1.33. The maximum absolute atomic E-state index is 10.8. The average Bonchev–Trinajstić information content (AvgIpc) is 2.07. The molecule has 1 aliphatic rings. The molecular weight excluding hydrogens is 156 g/mol. The molecule has 1 aliphatic heterocycles. The second kappa shape index (κ2) is 2.34. The van der Waals surface area contributed by atoms with E-state index in [1.807, 2.05) is 0 Å². The average molecular weight is 160 g/mol. The fourth-order valence-corrected chi connectivity index (χ4v) is 0.965. The van der Waals surface area contributed by atoms with Crippen molar-refractivity contribution in [1.82, 2.24) is 4.98 Å². The maximum Gasteiger partial charge on any atom is 0.318 e. The van der Waals surface area contributed by atoms with Crippen LogP contribution in [0.25, 0.3) is 6.08 Å². The van der Waals surface area contributed by atoms with Crippen LogP contribution >= 0.6 is 0 Å². The summed E-state index contributed by atoms with van der Waals surface area (Å²) in [6.45, 7) is 0. The molecule has 58 valence electrons. The van der Waals surface area contributed by atoms with Crippen molar-refractivity contribution in [2.75, 3.05) is 0 Å². The number of hydrogen-bond donors (Lipinski definition) is 0. The molecular formula is C8H4N2O2. The molecule has 0 unspecified atom stereocenters. The molecule has 0 bridgehead atoms. The molecule has 1 aromatic heterocycles. The molecule has 0 fully saturated rings. The number of hydrogen-bond acceptors (Lipinski definition) is 3. The van der Waals surface area contributed by atoms with Crippen molar-refractivity contribution in [3.63, 3.8) is 0 Å². The summed E-state index contributed by atoms with van der Waals surface area (Å²) in [6, 6.07) is 3.31. The minimum absolute atomic E-state index is 0.460. The molecule has 0 aliphatic carbocycles. The van der Waals surface area contributed by atoms with E-state index in [1.165, 1.54) is 6.08 Å². The van der Waals surface area contributed by atoms with E-state index < -0.39 is 11.7 Å². The second-order valence-electron chi connectivity index (χ2n) is 2.33. The van der Waals surface area contributed by atoms with Crippen molar-refractivity contribution in [3.05, 3.63) is 29.0 Å². The van der Waals surface area contributed by atoms with Gasteiger partial charge >= 0.3 is 5.91 Å². The van der Waals surface area contributed by atoms with E-state index in [0.29, 0.717) is 10.7 Å². The molecule has 0 spiro atoms. The van der Waals surface area contributed by atoms with Crippen LogP contribution in [-0.4, -0.2) is 16.7 Å². The Morgan fingerprint density at radius 3 is 2.92 bits per heavy atom. The van der Waals surface area contributed by atoms with Crippen LogP contribution < -0.4 is 10.7 Å². The molecule has 4 nitrogen and oxygen atoms in total. The molecule has 4 heteroatoms. The van der Waals surface area contributed by atoms with E-state index in [4.69, 9.17) is 0 Å². The Hall–Kier alpha value is -1.84. The Morgan fingerprint density at radius 2 is 2.08 bits per heavy atom. The minimum Gasteiger partial charge on any atom is -0.284 e. The van der Waals surface area contributed by atoms with Gasteiger partial charge in [-0.15, -0.1) is 0 Å². The summed E-state index contributed by atoms with van der Waals surface area (Å²) in [5, 5.41) is 0.921. The highest BCUT2D eigenvalue weighted by Crippen LogP contribution is 1.83. The molecule has 0 atom stereocenters. The number of fused-ring (bicyclic) bond motifs is 1. The van der Waals surface area contributed by atoms with Gasteiger partial charge in [-0.1, -0.05) is 0 Å². The lowest BCUT2D eigenvalue weighted by Gasteiger charge is -1.94. The zero-order valence-corrected chi connectivity index (χ0v) is 6.02. The van der Waals surface area contributed by atoms with Crippen molar-refractivity contribution >= 4 is 17.8 Å². The predicted octanol–water partition coefficient (Wildman–Crippen LogP) is -1.41. The Bertz CT molecular complexity index is 431. The first-order valence-electron chi connectivity index (χ1n) is 3.37. The lowest BCUT2D eigenvalue weighted by Crippen LogP contribution is -2.35. The SMILES string of the molecule is O=C1C=c2ncccc2=NC1=O. The summed E-state index contributed by atoms with van der Waals surface area (Å²) < 4.78 is 0. The summed E-state index contributed by atoms with van der Waals surface area (Å²) in [6.07, 6.45) is 2.75. The zero-order valence-electron chi connectivity index (χ0n) is 6.02. The number of rotatable bonds is 0. The first kappa shape index (κ1) is 6.84. The molecule has 2 rings (SSSR count). The summed E-state index contributed by atoms with van der Waals surface area (Å²) in [4.78, 5) is 29.0. The molecule has 0 radical (unpaired) electrons. The van der Waals surface area contributed by atoms with E-state index in [1.54, 1.807) is 18.3 Å². The van der Waals surface area contributed by atoms with E-state index in [0.717, 1.165) is 0 Å². The Labute approximate surface area is 67.3 Å². The summed E-state index contributed by atoms with van der Waals surface area (Å²) in [5.74, 6) is -1.34. The number of amides is 1. The minimum atomic E-state index is -0.726. The van der Waals surface area contributed by atoms with Crippen LogP contribution in [0, 0.1) is 0 Å². The van der Waals surface area contributed by atoms with E-state index in [2.05, 4.69) is 9.98 Å². The van der Waals surface area contributed by atoms with Gasteiger partial charge < -0.3 is 0 Å². The molecule has 0 saturated carbocycles. The van der Waals surface area contributed by atoms with Gasteiger partial charge in [-0.3, -0.25) is 14.6 Å². The third-order valence-corrected chi connectivity index (χ3v) is 1.52. The lowest BCUT2D eigenvalue weighted by atomic mass is 10.2. The molecule has 2 heterocycles. The van der Waals surface area contributed by atoms with Crippen molar-refractivity contribution in [1.29, 1.82) is 0 Å². The molecule has 1 aromatic rings. The number of carbonyl (C=O) groups excluding carboxylic acids is 2. The highest BCUT2D eigenvalue weighted by molar-refractivity contribution is 6.48. The van der Waals surface area contributed by atoms with Crippen molar-refractivity contribution in [2.45, 2.75) is 0 Å². The van der Waals surface area contributed by atoms with Gasteiger partial charge in [-0.05, 0) is 12.1 Å². The van der Waals surface area contributed by atoms with Gasteiger partial charge in [0.2, 0.25) is 5.78 Å². The number of nitrogens with zero attached hydrogens (tertiary/aromatic N) is 2. The summed E-state index contributed by atoms with van der Waals surface area (Å²) >= 11 is 0. The van der Waals surface area contributed by atoms with Crippen molar-refractivity contribution < 1.29 is 9.59 Å². The highest BCUT2D eigenvalue weighted by atomic mass is 16.2. The van der Waals surface area contributed by atoms with Crippen LogP contribution in [0.4, 0.5) is 0 Å². The van der Waals surface area contributed by atoms with Gasteiger partial charge in [0.15, 0.2) is 0 Å². The topological polar surface area (TPSA) is 59.4 Å². The molecule has 1 amide bonds. The van der Waals surface area contributed by atoms with Crippen LogP contribution in [0.5, 0.6) is 0 Å². The predicted molar refractivity (Wildman–Crippen MR) is 39.5 cm³/mol. The standard InChI is InChI=1S/C8H4N2O2/c11-7-4-6-5(10-8(7)12)2-1-3-9-6/h1-4H. The largest absolute Gasteiger partial charge is 0.318 e. The number of Topliss-reactive ketones (excluding diaryl/α,β-unsaturated/α-hetero) is 1. The summed E-state index contributed by atoms with van der Waals surface area (Å²) in [7, 11) is 0. The van der Waals surface area contributed by atoms with Crippen LogP contribution in [0.1, 0.15) is 0 Å². The number of aromatic nitrogens is 1. The fraction of sp³-hybridized carbons (Fsp3) is 0. The fourth-order valence-electron chi connectivity index (χ4n) is 0.965. The van der Waals surface area contributed by atoms with Crippen LogP contribution in [0.15, 0.2) is 23.3 Å².